The summed E-state index contributed by atoms with van der Waals surface area (Å²) in [6.45, 7) is 1.30. The molecule has 0 saturated carbocycles. The van der Waals surface area contributed by atoms with Crippen molar-refractivity contribution in [2.24, 2.45) is 5.90 Å². The summed E-state index contributed by atoms with van der Waals surface area (Å²) >= 11 is 5.79. The molecule has 1 saturated heterocycles. The fourth-order valence-electron chi connectivity index (χ4n) is 1.95. The number of hydrogen-bond acceptors (Lipinski definition) is 3. The molecular formula is C12H15ClN2O2. The first-order valence-electron chi connectivity index (χ1n) is 5.57. The fourth-order valence-corrected chi connectivity index (χ4v) is 2.08. The smallest absolute Gasteiger partial charge is 0.227 e. The van der Waals surface area contributed by atoms with Gasteiger partial charge < -0.3 is 4.90 Å². The van der Waals surface area contributed by atoms with Crippen LogP contribution in [0.5, 0.6) is 0 Å². The van der Waals surface area contributed by atoms with Gasteiger partial charge in [-0.2, -0.15) is 0 Å². The topological polar surface area (TPSA) is 55.6 Å². The van der Waals surface area contributed by atoms with Crippen LogP contribution in [0.2, 0.25) is 5.02 Å². The second kappa shape index (κ2) is 5.49. The lowest BCUT2D eigenvalue weighted by Crippen LogP contribution is -2.31. The van der Waals surface area contributed by atoms with Crippen molar-refractivity contribution in [3.05, 3.63) is 34.9 Å². The highest BCUT2D eigenvalue weighted by atomic mass is 35.5. The Kier molecular flexibility index (Phi) is 3.99. The third-order valence-corrected chi connectivity index (χ3v) is 3.21. The van der Waals surface area contributed by atoms with E-state index in [0.717, 1.165) is 12.0 Å². The average molecular weight is 255 g/mol. The predicted octanol–water partition coefficient (Wildman–Crippen LogP) is 1.37. The van der Waals surface area contributed by atoms with Crippen LogP contribution in [0.15, 0.2) is 24.3 Å². The minimum absolute atomic E-state index is 0.0239. The number of nitrogens with two attached hydrogens (primary N) is 1. The Morgan fingerprint density at radius 1 is 1.47 bits per heavy atom. The van der Waals surface area contributed by atoms with Crippen molar-refractivity contribution in [3.8, 4) is 0 Å². The molecule has 0 bridgehead atoms. The van der Waals surface area contributed by atoms with Gasteiger partial charge in [-0.05, 0) is 24.1 Å². The summed E-state index contributed by atoms with van der Waals surface area (Å²) in [5, 5.41) is 0.680. The molecule has 1 aliphatic heterocycles. The maximum absolute atomic E-state index is 12.0. The third kappa shape index (κ3) is 3.19. The Balaban J connectivity index is 1.91. The predicted molar refractivity (Wildman–Crippen MR) is 65.4 cm³/mol. The van der Waals surface area contributed by atoms with E-state index in [2.05, 4.69) is 0 Å². The molecule has 92 valence electrons. The molecular weight excluding hydrogens is 240 g/mol. The number of nitrogens with zero attached hydrogens (tertiary/aromatic N) is 1. The van der Waals surface area contributed by atoms with Gasteiger partial charge in [0.1, 0.15) is 0 Å². The van der Waals surface area contributed by atoms with Gasteiger partial charge in [-0.25, -0.2) is 5.90 Å². The quantitative estimate of drug-likeness (QED) is 0.829. The van der Waals surface area contributed by atoms with Gasteiger partial charge in [0, 0.05) is 18.1 Å². The Labute approximate surface area is 105 Å². The zero-order chi connectivity index (χ0) is 12.3. The minimum atomic E-state index is -0.0239. The molecule has 0 radical (unpaired) electrons. The van der Waals surface area contributed by atoms with Crippen molar-refractivity contribution >= 4 is 17.5 Å². The normalized spacial score (nSPS) is 19.6. The maximum atomic E-state index is 12.0. The van der Waals surface area contributed by atoms with Crippen molar-refractivity contribution in [2.45, 2.75) is 18.9 Å². The van der Waals surface area contributed by atoms with Crippen LogP contribution < -0.4 is 5.90 Å². The zero-order valence-corrected chi connectivity index (χ0v) is 10.2. The van der Waals surface area contributed by atoms with E-state index in [0.29, 0.717) is 24.5 Å². The number of halogens is 1. The number of likely N-dealkylation sites (tertiary alicyclic amines) is 1. The highest BCUT2D eigenvalue weighted by molar-refractivity contribution is 6.30. The lowest BCUT2D eigenvalue weighted by atomic mass is 10.1. The van der Waals surface area contributed by atoms with Crippen molar-refractivity contribution in [1.82, 2.24) is 4.90 Å². The van der Waals surface area contributed by atoms with Crippen LogP contribution in [-0.2, 0) is 16.1 Å². The summed E-state index contributed by atoms with van der Waals surface area (Å²) in [5.74, 6) is 5.22. The molecule has 1 aliphatic rings. The molecule has 0 aromatic heterocycles. The van der Waals surface area contributed by atoms with E-state index in [9.17, 15) is 4.79 Å². The summed E-state index contributed by atoms with van der Waals surface area (Å²) in [4.78, 5) is 18.5. The Morgan fingerprint density at radius 2 is 2.18 bits per heavy atom. The molecule has 1 atom stereocenters. The molecule has 1 fully saturated rings. The van der Waals surface area contributed by atoms with Gasteiger partial charge in [0.15, 0.2) is 0 Å². The number of carbonyl (C=O) groups is 1. The monoisotopic (exact) mass is 254 g/mol. The van der Waals surface area contributed by atoms with E-state index in [4.69, 9.17) is 22.3 Å². The van der Waals surface area contributed by atoms with E-state index in [1.165, 1.54) is 0 Å². The van der Waals surface area contributed by atoms with E-state index in [-0.39, 0.29) is 12.0 Å². The number of carbonyl (C=O) groups excluding carboxylic acids is 1. The molecule has 1 unspecified atom stereocenters. The lowest BCUT2D eigenvalue weighted by Gasteiger charge is -2.15. The number of amides is 1. The second-order valence-corrected chi connectivity index (χ2v) is 4.63. The first-order valence-corrected chi connectivity index (χ1v) is 5.94. The summed E-state index contributed by atoms with van der Waals surface area (Å²) in [6.07, 6.45) is 1.18. The van der Waals surface area contributed by atoms with Crippen molar-refractivity contribution in [1.29, 1.82) is 0 Å². The van der Waals surface area contributed by atoms with E-state index in [1.807, 2.05) is 12.1 Å². The van der Waals surface area contributed by atoms with Crippen LogP contribution in [0.25, 0.3) is 0 Å². The van der Waals surface area contributed by atoms with Crippen LogP contribution in [0, 0.1) is 0 Å². The van der Waals surface area contributed by atoms with Crippen LogP contribution in [0.3, 0.4) is 0 Å². The Morgan fingerprint density at radius 3 is 2.76 bits per heavy atom. The van der Waals surface area contributed by atoms with Gasteiger partial charge in [-0.3, -0.25) is 9.63 Å². The summed E-state index contributed by atoms with van der Waals surface area (Å²) < 4.78 is 0. The average Bonchev–Trinajstić information content (AvgIpc) is 2.81. The van der Waals surface area contributed by atoms with Gasteiger partial charge in [0.05, 0.1) is 12.5 Å². The van der Waals surface area contributed by atoms with Crippen LogP contribution in [0.1, 0.15) is 12.0 Å². The van der Waals surface area contributed by atoms with E-state index >= 15 is 0 Å². The van der Waals surface area contributed by atoms with E-state index < -0.39 is 0 Å². The largest absolute Gasteiger partial charge is 0.340 e. The fraction of sp³-hybridized carbons (Fsp3) is 0.417. The zero-order valence-electron chi connectivity index (χ0n) is 9.43. The van der Waals surface area contributed by atoms with Crippen molar-refractivity contribution < 1.29 is 9.63 Å². The van der Waals surface area contributed by atoms with Crippen molar-refractivity contribution in [2.75, 3.05) is 13.1 Å². The summed E-state index contributed by atoms with van der Waals surface area (Å²) in [5.41, 5.74) is 0.969. The first-order chi connectivity index (χ1) is 8.19. The molecule has 2 rings (SSSR count). The van der Waals surface area contributed by atoms with Gasteiger partial charge >= 0.3 is 0 Å². The third-order valence-electron chi connectivity index (χ3n) is 2.96. The van der Waals surface area contributed by atoms with Crippen molar-refractivity contribution in [3.63, 3.8) is 0 Å². The molecule has 1 amide bonds. The second-order valence-electron chi connectivity index (χ2n) is 4.19. The highest BCUT2D eigenvalue weighted by Gasteiger charge is 2.26. The molecule has 1 heterocycles. The van der Waals surface area contributed by atoms with Crippen LogP contribution >= 0.6 is 11.6 Å². The van der Waals surface area contributed by atoms with Gasteiger partial charge in [-0.1, -0.05) is 23.7 Å². The molecule has 0 spiro atoms. The van der Waals surface area contributed by atoms with Gasteiger partial charge in [0.25, 0.3) is 0 Å². The summed E-state index contributed by atoms with van der Waals surface area (Å²) in [6, 6.07) is 7.32. The Bertz CT molecular complexity index is 394. The number of benzene rings is 1. The first kappa shape index (κ1) is 12.4. The standard InChI is InChI=1S/C12H15ClN2O2/c13-10-3-1-9(2-4-10)7-12(16)15-6-5-11(8-15)17-14/h1-4,11H,5-8,14H2. The molecule has 1 aromatic carbocycles. The van der Waals surface area contributed by atoms with E-state index in [1.54, 1.807) is 17.0 Å². The molecule has 1 aromatic rings. The highest BCUT2D eigenvalue weighted by Crippen LogP contribution is 2.14. The van der Waals surface area contributed by atoms with Gasteiger partial charge in [0.2, 0.25) is 5.91 Å². The molecule has 17 heavy (non-hydrogen) atoms. The summed E-state index contributed by atoms with van der Waals surface area (Å²) in [7, 11) is 0. The lowest BCUT2D eigenvalue weighted by molar-refractivity contribution is -0.129. The number of rotatable bonds is 3. The van der Waals surface area contributed by atoms with Crippen LogP contribution in [-0.4, -0.2) is 30.0 Å². The molecule has 0 aliphatic carbocycles. The molecule has 5 heteroatoms. The van der Waals surface area contributed by atoms with Crippen LogP contribution in [0.4, 0.5) is 0 Å². The Hall–Kier alpha value is -1.10. The molecule has 2 N–H and O–H groups in total. The number of hydrogen-bond donors (Lipinski definition) is 1. The maximum Gasteiger partial charge on any atom is 0.227 e. The minimum Gasteiger partial charge on any atom is -0.340 e. The SMILES string of the molecule is NOC1CCN(C(=O)Cc2ccc(Cl)cc2)C1. The molecule has 4 nitrogen and oxygen atoms in total. The van der Waals surface area contributed by atoms with Gasteiger partial charge in [-0.15, -0.1) is 0 Å².